The summed E-state index contributed by atoms with van der Waals surface area (Å²) in [7, 11) is 0. The lowest BCUT2D eigenvalue weighted by atomic mass is 9.90. The second-order valence-electron chi connectivity index (χ2n) is 4.66. The predicted octanol–water partition coefficient (Wildman–Crippen LogP) is 3.39. The minimum Gasteiger partial charge on any atom is -0.314 e. The molecule has 0 fully saturated rings. The summed E-state index contributed by atoms with van der Waals surface area (Å²) in [4.78, 5) is 10.5. The smallest absolute Gasteiger partial charge is 0.272 e. The minimum absolute atomic E-state index is 0.197. The van der Waals surface area contributed by atoms with E-state index in [0.717, 1.165) is 24.1 Å². The molecule has 100 valence electrons. The van der Waals surface area contributed by atoms with Gasteiger partial charge in [-0.05, 0) is 37.4 Å². The van der Waals surface area contributed by atoms with Crippen molar-refractivity contribution in [2.24, 2.45) is 0 Å². The molecule has 2 atom stereocenters. The van der Waals surface area contributed by atoms with Gasteiger partial charge in [-0.15, -0.1) is 0 Å². The maximum atomic E-state index is 10.8. The largest absolute Gasteiger partial charge is 0.314 e. The van der Waals surface area contributed by atoms with E-state index in [9.17, 15) is 10.1 Å². The Bertz CT molecular complexity index is 418. The third-order valence-corrected chi connectivity index (χ3v) is 3.45. The van der Waals surface area contributed by atoms with Crippen LogP contribution in [-0.4, -0.2) is 17.5 Å². The highest BCUT2D eigenvalue weighted by atomic mass is 16.6. The molecule has 0 amide bonds. The van der Waals surface area contributed by atoms with Gasteiger partial charge in [0.05, 0.1) is 4.92 Å². The molecule has 0 aromatic heterocycles. The fraction of sp³-hybridized carbons (Fsp3) is 0.571. The zero-order valence-electron chi connectivity index (χ0n) is 11.6. The summed E-state index contributed by atoms with van der Waals surface area (Å²) in [5.41, 5.74) is 2.09. The quantitative estimate of drug-likeness (QED) is 0.622. The average molecular weight is 250 g/mol. The Morgan fingerprint density at radius 3 is 2.50 bits per heavy atom. The van der Waals surface area contributed by atoms with Gasteiger partial charge in [0, 0.05) is 17.7 Å². The number of rotatable bonds is 6. The molecule has 1 N–H and O–H groups in total. The molecule has 4 nitrogen and oxygen atoms in total. The van der Waals surface area contributed by atoms with Crippen molar-refractivity contribution in [2.75, 3.05) is 6.54 Å². The predicted molar refractivity (Wildman–Crippen MR) is 74.0 cm³/mol. The Morgan fingerprint density at radius 1 is 1.39 bits per heavy atom. The molecule has 1 rings (SSSR count). The van der Waals surface area contributed by atoms with Gasteiger partial charge < -0.3 is 5.32 Å². The molecule has 0 bridgehead atoms. The fourth-order valence-electron chi connectivity index (χ4n) is 2.34. The summed E-state index contributed by atoms with van der Waals surface area (Å²) < 4.78 is 0. The van der Waals surface area contributed by atoms with Crippen molar-refractivity contribution in [3.8, 4) is 0 Å². The molecule has 1 aromatic rings. The molecule has 0 aliphatic heterocycles. The zero-order chi connectivity index (χ0) is 13.7. The van der Waals surface area contributed by atoms with E-state index in [2.05, 4.69) is 26.1 Å². The monoisotopic (exact) mass is 250 g/mol. The highest BCUT2D eigenvalue weighted by Gasteiger charge is 2.18. The topological polar surface area (TPSA) is 55.2 Å². The van der Waals surface area contributed by atoms with Gasteiger partial charge in [-0.2, -0.15) is 0 Å². The standard InChI is InChI=1S/C14H22N2O2/c1-5-13(15-6-2)11(4)12-7-8-14(16(17)18)10(3)9-12/h7-9,11,13,15H,5-6H2,1-4H3. The van der Waals surface area contributed by atoms with Crippen LogP contribution in [0.3, 0.4) is 0 Å². The highest BCUT2D eigenvalue weighted by Crippen LogP contribution is 2.26. The summed E-state index contributed by atoms with van der Waals surface area (Å²) in [6.07, 6.45) is 1.05. The van der Waals surface area contributed by atoms with E-state index in [4.69, 9.17) is 0 Å². The van der Waals surface area contributed by atoms with Gasteiger partial charge in [-0.1, -0.05) is 26.8 Å². The van der Waals surface area contributed by atoms with Crippen LogP contribution in [0.4, 0.5) is 5.69 Å². The Hall–Kier alpha value is -1.42. The van der Waals surface area contributed by atoms with Crippen molar-refractivity contribution >= 4 is 5.69 Å². The molecule has 0 spiro atoms. The van der Waals surface area contributed by atoms with Crippen LogP contribution in [0.15, 0.2) is 18.2 Å². The number of nitro benzene ring substituents is 1. The second kappa shape index (κ2) is 6.50. The van der Waals surface area contributed by atoms with Crippen molar-refractivity contribution in [2.45, 2.75) is 46.1 Å². The molecule has 2 unspecified atom stereocenters. The van der Waals surface area contributed by atoms with Gasteiger partial charge >= 0.3 is 0 Å². The van der Waals surface area contributed by atoms with Crippen LogP contribution in [0.1, 0.15) is 44.2 Å². The van der Waals surface area contributed by atoms with Gasteiger partial charge in [0.25, 0.3) is 5.69 Å². The van der Waals surface area contributed by atoms with E-state index >= 15 is 0 Å². The number of likely N-dealkylation sites (N-methyl/N-ethyl adjacent to an activating group) is 1. The SMILES string of the molecule is CCNC(CC)C(C)c1ccc([N+](=O)[O-])c(C)c1. The number of hydrogen-bond acceptors (Lipinski definition) is 3. The summed E-state index contributed by atoms with van der Waals surface area (Å²) in [6, 6.07) is 5.83. The number of nitrogens with one attached hydrogen (secondary N) is 1. The lowest BCUT2D eigenvalue weighted by Crippen LogP contribution is -2.33. The van der Waals surface area contributed by atoms with Gasteiger partial charge in [-0.25, -0.2) is 0 Å². The van der Waals surface area contributed by atoms with E-state index < -0.39 is 0 Å². The Kier molecular flexibility index (Phi) is 5.28. The summed E-state index contributed by atoms with van der Waals surface area (Å²) in [5, 5.41) is 14.2. The molecule has 4 heteroatoms. The third-order valence-electron chi connectivity index (χ3n) is 3.45. The van der Waals surface area contributed by atoms with Gasteiger partial charge in [-0.3, -0.25) is 10.1 Å². The number of hydrogen-bond donors (Lipinski definition) is 1. The lowest BCUT2D eigenvalue weighted by Gasteiger charge is -2.24. The molecule has 0 aliphatic rings. The summed E-state index contributed by atoms with van der Waals surface area (Å²) in [6.45, 7) is 9.15. The third kappa shape index (κ3) is 3.29. The van der Waals surface area contributed by atoms with Crippen molar-refractivity contribution < 1.29 is 4.92 Å². The molecule has 0 heterocycles. The van der Waals surface area contributed by atoms with Crippen LogP contribution in [0.5, 0.6) is 0 Å². The molecular weight excluding hydrogens is 228 g/mol. The van der Waals surface area contributed by atoms with Gasteiger partial charge in [0.2, 0.25) is 0 Å². The molecule has 0 aliphatic carbocycles. The van der Waals surface area contributed by atoms with E-state index in [1.807, 2.05) is 12.1 Å². The number of nitro groups is 1. The van der Waals surface area contributed by atoms with Crippen LogP contribution in [0.2, 0.25) is 0 Å². The first-order chi connectivity index (χ1) is 8.51. The van der Waals surface area contributed by atoms with Gasteiger partial charge in [0.1, 0.15) is 0 Å². The molecular formula is C14H22N2O2. The van der Waals surface area contributed by atoms with E-state index in [0.29, 0.717) is 12.0 Å². The first-order valence-electron chi connectivity index (χ1n) is 6.49. The number of aryl methyl sites for hydroxylation is 1. The normalized spacial score (nSPS) is 14.2. The van der Waals surface area contributed by atoms with E-state index in [1.165, 1.54) is 0 Å². The lowest BCUT2D eigenvalue weighted by molar-refractivity contribution is -0.385. The first kappa shape index (κ1) is 14.6. The number of benzene rings is 1. The van der Waals surface area contributed by atoms with E-state index in [-0.39, 0.29) is 10.6 Å². The first-order valence-corrected chi connectivity index (χ1v) is 6.49. The van der Waals surface area contributed by atoms with E-state index in [1.54, 1.807) is 13.0 Å². The van der Waals surface area contributed by atoms with Crippen LogP contribution in [0.25, 0.3) is 0 Å². The summed E-state index contributed by atoms with van der Waals surface area (Å²) in [5.74, 6) is 0.356. The van der Waals surface area contributed by atoms with Crippen LogP contribution >= 0.6 is 0 Å². The Labute approximate surface area is 109 Å². The van der Waals surface area contributed by atoms with Crippen molar-refractivity contribution in [3.63, 3.8) is 0 Å². The average Bonchev–Trinajstić information content (AvgIpc) is 2.34. The Balaban J connectivity index is 2.96. The molecule has 0 radical (unpaired) electrons. The number of nitrogens with zero attached hydrogens (tertiary/aromatic N) is 1. The zero-order valence-corrected chi connectivity index (χ0v) is 11.6. The second-order valence-corrected chi connectivity index (χ2v) is 4.66. The van der Waals surface area contributed by atoms with Crippen molar-refractivity contribution in [1.29, 1.82) is 0 Å². The maximum Gasteiger partial charge on any atom is 0.272 e. The van der Waals surface area contributed by atoms with Crippen LogP contribution in [0, 0.1) is 17.0 Å². The minimum atomic E-state index is -0.328. The molecule has 18 heavy (non-hydrogen) atoms. The fourth-order valence-corrected chi connectivity index (χ4v) is 2.34. The molecule has 0 saturated heterocycles. The van der Waals surface area contributed by atoms with Crippen molar-refractivity contribution in [3.05, 3.63) is 39.4 Å². The van der Waals surface area contributed by atoms with Gasteiger partial charge in [0.15, 0.2) is 0 Å². The molecule has 0 saturated carbocycles. The Morgan fingerprint density at radius 2 is 2.06 bits per heavy atom. The summed E-state index contributed by atoms with van der Waals surface area (Å²) >= 11 is 0. The van der Waals surface area contributed by atoms with Crippen LogP contribution in [-0.2, 0) is 0 Å². The molecule has 1 aromatic carbocycles. The maximum absolute atomic E-state index is 10.8. The van der Waals surface area contributed by atoms with Crippen LogP contribution < -0.4 is 5.32 Å². The highest BCUT2D eigenvalue weighted by molar-refractivity contribution is 5.43. The van der Waals surface area contributed by atoms with Crippen molar-refractivity contribution in [1.82, 2.24) is 5.32 Å².